The zero-order chi connectivity index (χ0) is 15.4. The minimum atomic E-state index is -3.04. The molecule has 0 aromatic heterocycles. The molecule has 0 saturated heterocycles. The molecule has 0 amide bonds. The number of Topliss-reactive ketones (excluding diaryl/α,β-unsaturated/α-hetero) is 1. The van der Waals surface area contributed by atoms with Crippen LogP contribution in [0, 0.1) is 5.82 Å². The van der Waals surface area contributed by atoms with Crippen molar-refractivity contribution in [3.63, 3.8) is 0 Å². The molecule has 2 nitrogen and oxygen atoms in total. The van der Waals surface area contributed by atoms with Crippen LogP contribution in [-0.2, 0) is 6.42 Å². The first kappa shape index (κ1) is 15.4. The first-order chi connectivity index (χ1) is 9.99. The summed E-state index contributed by atoms with van der Waals surface area (Å²) in [4.78, 5) is 12.1. The fourth-order valence-electron chi connectivity index (χ4n) is 1.85. The minimum Gasteiger partial charge on any atom is -0.434 e. The van der Waals surface area contributed by atoms with Crippen molar-refractivity contribution < 1.29 is 22.7 Å². The van der Waals surface area contributed by atoms with Crippen molar-refractivity contribution in [3.05, 3.63) is 64.4 Å². The highest BCUT2D eigenvalue weighted by Gasteiger charge is 2.17. The summed E-state index contributed by atoms with van der Waals surface area (Å²) in [6.45, 7) is -3.04. The van der Waals surface area contributed by atoms with E-state index >= 15 is 0 Å². The number of para-hydroxylation sites is 1. The molecular formula is C15H10ClF3O2. The van der Waals surface area contributed by atoms with Crippen molar-refractivity contribution in [1.29, 1.82) is 0 Å². The molecule has 0 atom stereocenters. The van der Waals surface area contributed by atoms with Crippen LogP contribution in [0.3, 0.4) is 0 Å². The van der Waals surface area contributed by atoms with E-state index in [0.717, 1.165) is 0 Å². The van der Waals surface area contributed by atoms with Gasteiger partial charge in [-0.3, -0.25) is 4.79 Å². The Bertz CT molecular complexity index is 659. The van der Waals surface area contributed by atoms with Gasteiger partial charge < -0.3 is 4.74 Å². The normalized spacial score (nSPS) is 10.7. The lowest BCUT2D eigenvalue weighted by molar-refractivity contribution is -0.0501. The first-order valence-electron chi connectivity index (χ1n) is 5.99. The summed E-state index contributed by atoms with van der Waals surface area (Å²) in [5.74, 6) is -1.47. The molecule has 21 heavy (non-hydrogen) atoms. The van der Waals surface area contributed by atoms with E-state index in [1.54, 1.807) is 0 Å². The number of halogens is 4. The van der Waals surface area contributed by atoms with Crippen molar-refractivity contribution in [2.75, 3.05) is 0 Å². The highest BCUT2D eigenvalue weighted by Crippen LogP contribution is 2.24. The molecule has 0 spiro atoms. The van der Waals surface area contributed by atoms with Crippen LogP contribution in [-0.4, -0.2) is 12.4 Å². The van der Waals surface area contributed by atoms with Crippen molar-refractivity contribution >= 4 is 17.4 Å². The molecule has 0 saturated carbocycles. The predicted octanol–water partition coefficient (Wildman–Crippen LogP) is 4.51. The lowest BCUT2D eigenvalue weighted by Gasteiger charge is -2.10. The second kappa shape index (κ2) is 6.63. The van der Waals surface area contributed by atoms with E-state index in [0.29, 0.717) is 0 Å². The number of carbonyl (C=O) groups excluding carboxylic acids is 1. The van der Waals surface area contributed by atoms with E-state index in [2.05, 4.69) is 4.74 Å². The molecule has 2 rings (SSSR count). The van der Waals surface area contributed by atoms with Gasteiger partial charge in [-0.15, -0.1) is 0 Å². The molecule has 0 unspecified atom stereocenters. The number of hydrogen-bond acceptors (Lipinski definition) is 2. The van der Waals surface area contributed by atoms with Crippen LogP contribution in [0.2, 0.25) is 5.02 Å². The van der Waals surface area contributed by atoms with Crippen LogP contribution in [0.15, 0.2) is 42.5 Å². The second-order valence-electron chi connectivity index (χ2n) is 4.19. The summed E-state index contributed by atoms with van der Waals surface area (Å²) in [7, 11) is 0. The van der Waals surface area contributed by atoms with Crippen LogP contribution in [0.1, 0.15) is 15.9 Å². The summed E-state index contributed by atoms with van der Waals surface area (Å²) in [6.07, 6.45) is -0.296. The summed E-state index contributed by atoms with van der Waals surface area (Å²) < 4.78 is 42.6. The van der Waals surface area contributed by atoms with Crippen molar-refractivity contribution in [2.24, 2.45) is 0 Å². The summed E-state index contributed by atoms with van der Waals surface area (Å²) >= 11 is 5.63. The topological polar surface area (TPSA) is 26.3 Å². The molecule has 0 aliphatic rings. The fraction of sp³-hybridized carbons (Fsp3) is 0.133. The van der Waals surface area contributed by atoms with Gasteiger partial charge in [0.25, 0.3) is 0 Å². The zero-order valence-corrected chi connectivity index (χ0v) is 11.4. The number of benzene rings is 2. The van der Waals surface area contributed by atoms with Crippen molar-refractivity contribution in [2.45, 2.75) is 13.0 Å². The van der Waals surface area contributed by atoms with Gasteiger partial charge in [0.1, 0.15) is 11.6 Å². The van der Waals surface area contributed by atoms with Gasteiger partial charge in [-0.2, -0.15) is 8.78 Å². The highest BCUT2D eigenvalue weighted by atomic mass is 35.5. The minimum absolute atomic E-state index is 0.0304. The standard InChI is InChI=1S/C15H10ClF3O2/c16-11-6-3-4-9(14(11)17)8-12(20)10-5-1-2-7-13(10)21-15(18)19/h1-7,15H,8H2. The van der Waals surface area contributed by atoms with E-state index < -0.39 is 18.2 Å². The van der Waals surface area contributed by atoms with Crippen LogP contribution in [0.25, 0.3) is 0 Å². The van der Waals surface area contributed by atoms with Crippen molar-refractivity contribution in [1.82, 2.24) is 0 Å². The zero-order valence-electron chi connectivity index (χ0n) is 10.7. The lowest BCUT2D eigenvalue weighted by atomic mass is 10.0. The summed E-state index contributed by atoms with van der Waals surface area (Å²) in [6, 6.07) is 9.87. The number of rotatable bonds is 5. The molecule has 0 aliphatic heterocycles. The maximum Gasteiger partial charge on any atom is 0.387 e. The monoisotopic (exact) mass is 314 g/mol. The van der Waals surface area contributed by atoms with Gasteiger partial charge in [-0.25, -0.2) is 4.39 Å². The Morgan fingerprint density at radius 2 is 1.86 bits per heavy atom. The Kier molecular flexibility index (Phi) is 4.85. The fourth-order valence-corrected chi connectivity index (χ4v) is 2.04. The van der Waals surface area contributed by atoms with Gasteiger partial charge >= 0.3 is 6.61 Å². The molecule has 0 aliphatic carbocycles. The van der Waals surface area contributed by atoms with Gasteiger partial charge in [0.2, 0.25) is 0 Å². The average molecular weight is 315 g/mol. The van der Waals surface area contributed by atoms with Gasteiger partial charge in [0.05, 0.1) is 10.6 Å². The molecule has 110 valence electrons. The summed E-state index contributed by atoms with van der Waals surface area (Å²) in [5.41, 5.74) is 0.0662. The molecule has 0 heterocycles. The third-order valence-corrected chi connectivity index (χ3v) is 3.08. The molecule has 0 radical (unpaired) electrons. The smallest absolute Gasteiger partial charge is 0.387 e. The first-order valence-corrected chi connectivity index (χ1v) is 6.36. The molecule has 0 N–H and O–H groups in total. The Morgan fingerprint density at radius 1 is 1.14 bits per heavy atom. The molecule has 2 aromatic carbocycles. The van der Waals surface area contributed by atoms with Crippen molar-refractivity contribution in [3.8, 4) is 5.75 Å². The van der Waals surface area contributed by atoms with E-state index in [9.17, 15) is 18.0 Å². The maximum absolute atomic E-state index is 13.8. The van der Waals surface area contributed by atoms with Gasteiger partial charge in [0, 0.05) is 6.42 Å². The Hall–Kier alpha value is -2.01. The van der Waals surface area contributed by atoms with Gasteiger partial charge in [-0.05, 0) is 23.8 Å². The summed E-state index contributed by atoms with van der Waals surface area (Å²) in [5, 5.41) is -0.0996. The van der Waals surface area contributed by atoms with E-state index in [-0.39, 0.29) is 28.3 Å². The largest absolute Gasteiger partial charge is 0.434 e. The SMILES string of the molecule is O=C(Cc1cccc(Cl)c1F)c1ccccc1OC(F)F. The van der Waals surface area contributed by atoms with Crippen LogP contribution in [0.5, 0.6) is 5.75 Å². The third kappa shape index (κ3) is 3.76. The second-order valence-corrected chi connectivity index (χ2v) is 4.59. The number of hydrogen-bond donors (Lipinski definition) is 0. The van der Waals surface area contributed by atoms with Crippen LogP contribution < -0.4 is 4.74 Å². The van der Waals surface area contributed by atoms with E-state index in [4.69, 9.17) is 11.6 Å². The predicted molar refractivity (Wildman–Crippen MR) is 72.5 cm³/mol. The number of ether oxygens (including phenoxy) is 1. The Morgan fingerprint density at radius 3 is 2.57 bits per heavy atom. The van der Waals surface area contributed by atoms with Crippen LogP contribution >= 0.6 is 11.6 Å². The maximum atomic E-state index is 13.8. The molecule has 2 aromatic rings. The Labute approximate surface area is 124 Å². The van der Waals surface area contributed by atoms with Gasteiger partial charge in [0.15, 0.2) is 5.78 Å². The number of alkyl halides is 2. The van der Waals surface area contributed by atoms with Gasteiger partial charge in [-0.1, -0.05) is 35.9 Å². The highest BCUT2D eigenvalue weighted by molar-refractivity contribution is 6.30. The average Bonchev–Trinajstić information content (AvgIpc) is 2.44. The molecular weight excluding hydrogens is 305 g/mol. The number of ketones is 1. The van der Waals surface area contributed by atoms with E-state index in [1.165, 1.54) is 42.5 Å². The lowest BCUT2D eigenvalue weighted by Crippen LogP contribution is -2.10. The molecule has 0 bridgehead atoms. The quantitative estimate of drug-likeness (QED) is 0.759. The molecule has 0 fully saturated rings. The van der Waals surface area contributed by atoms with Crippen LogP contribution in [0.4, 0.5) is 13.2 Å². The number of carbonyl (C=O) groups is 1. The third-order valence-electron chi connectivity index (χ3n) is 2.79. The Balaban J connectivity index is 2.27. The molecule has 6 heteroatoms. The van der Waals surface area contributed by atoms with E-state index in [1.807, 2.05) is 0 Å².